The van der Waals surface area contributed by atoms with Crippen molar-refractivity contribution < 1.29 is 0 Å². The van der Waals surface area contributed by atoms with E-state index in [1.165, 1.54) is 34.1 Å². The lowest BCUT2D eigenvalue weighted by molar-refractivity contribution is 0.649. The van der Waals surface area contributed by atoms with E-state index in [2.05, 4.69) is 38.1 Å². The summed E-state index contributed by atoms with van der Waals surface area (Å²) in [5.74, 6) is 0. The minimum Gasteiger partial charge on any atom is -0.345 e. The van der Waals surface area contributed by atoms with Crippen molar-refractivity contribution in [2.24, 2.45) is 0 Å². The molecule has 0 aromatic carbocycles. The first kappa shape index (κ1) is 8.74. The van der Waals surface area contributed by atoms with Crippen LogP contribution >= 0.6 is 15.9 Å². The SMILES string of the molecule is Brc1cn2c3c1CCC=C3CNCC2. The van der Waals surface area contributed by atoms with Gasteiger partial charge in [-0.15, -0.1) is 0 Å². The fraction of sp³-hybridized carbons (Fsp3) is 0.455. The first-order valence-electron chi connectivity index (χ1n) is 5.14. The Kier molecular flexibility index (Phi) is 2.03. The van der Waals surface area contributed by atoms with Crippen LogP contribution in [0.2, 0.25) is 0 Å². The van der Waals surface area contributed by atoms with Gasteiger partial charge in [-0.2, -0.15) is 0 Å². The zero-order valence-corrected chi connectivity index (χ0v) is 9.60. The smallest absolute Gasteiger partial charge is 0.0493 e. The van der Waals surface area contributed by atoms with Crippen molar-refractivity contribution in [2.75, 3.05) is 13.1 Å². The number of hydrogen-bond donors (Lipinski definition) is 1. The zero-order valence-electron chi connectivity index (χ0n) is 8.02. The van der Waals surface area contributed by atoms with E-state index >= 15 is 0 Å². The lowest BCUT2D eigenvalue weighted by Gasteiger charge is -2.14. The summed E-state index contributed by atoms with van der Waals surface area (Å²) < 4.78 is 3.67. The molecule has 1 aromatic rings. The predicted octanol–water partition coefficient (Wildman–Crippen LogP) is 2.18. The van der Waals surface area contributed by atoms with Crippen molar-refractivity contribution in [3.05, 3.63) is 28.0 Å². The number of nitrogens with zero attached hydrogens (tertiary/aromatic N) is 1. The van der Waals surface area contributed by atoms with Crippen LogP contribution in [-0.2, 0) is 13.0 Å². The number of allylic oxidation sites excluding steroid dienone is 1. The first-order valence-corrected chi connectivity index (χ1v) is 5.93. The summed E-state index contributed by atoms with van der Waals surface area (Å²) in [4.78, 5) is 0. The average Bonchev–Trinajstić information content (AvgIpc) is 2.41. The van der Waals surface area contributed by atoms with Crippen LogP contribution in [0.3, 0.4) is 0 Å². The van der Waals surface area contributed by atoms with Gasteiger partial charge in [0.1, 0.15) is 0 Å². The summed E-state index contributed by atoms with van der Waals surface area (Å²) in [6, 6.07) is 0. The van der Waals surface area contributed by atoms with Gasteiger partial charge < -0.3 is 9.88 Å². The highest BCUT2D eigenvalue weighted by molar-refractivity contribution is 9.10. The highest BCUT2D eigenvalue weighted by atomic mass is 79.9. The molecular formula is C11H13BrN2. The van der Waals surface area contributed by atoms with Crippen LogP contribution in [0.15, 0.2) is 16.7 Å². The summed E-state index contributed by atoms with van der Waals surface area (Å²) in [5.41, 5.74) is 4.45. The quantitative estimate of drug-likeness (QED) is 0.749. The molecule has 1 aliphatic carbocycles. The normalized spacial score (nSPS) is 19.9. The Morgan fingerprint density at radius 2 is 2.36 bits per heavy atom. The molecule has 74 valence electrons. The van der Waals surface area contributed by atoms with Gasteiger partial charge in [0.2, 0.25) is 0 Å². The van der Waals surface area contributed by atoms with Gasteiger partial charge in [-0.3, -0.25) is 0 Å². The second-order valence-electron chi connectivity index (χ2n) is 3.94. The second-order valence-corrected chi connectivity index (χ2v) is 4.80. The molecule has 2 nitrogen and oxygen atoms in total. The molecule has 3 rings (SSSR count). The van der Waals surface area contributed by atoms with Crippen molar-refractivity contribution in [3.63, 3.8) is 0 Å². The van der Waals surface area contributed by atoms with Crippen molar-refractivity contribution >= 4 is 21.5 Å². The van der Waals surface area contributed by atoms with E-state index in [0.717, 1.165) is 19.6 Å². The molecule has 0 amide bonds. The predicted molar refractivity (Wildman–Crippen MR) is 61.3 cm³/mol. The van der Waals surface area contributed by atoms with E-state index in [4.69, 9.17) is 0 Å². The van der Waals surface area contributed by atoms with Gasteiger partial charge in [-0.25, -0.2) is 0 Å². The molecule has 1 aliphatic heterocycles. The summed E-state index contributed by atoms with van der Waals surface area (Å²) in [6.07, 6.45) is 6.99. The molecule has 1 aromatic heterocycles. The molecule has 3 heteroatoms. The zero-order chi connectivity index (χ0) is 9.54. The lowest BCUT2D eigenvalue weighted by Crippen LogP contribution is -2.17. The lowest BCUT2D eigenvalue weighted by atomic mass is 9.97. The van der Waals surface area contributed by atoms with Crippen LogP contribution in [0.4, 0.5) is 0 Å². The Morgan fingerprint density at radius 3 is 3.29 bits per heavy atom. The number of halogens is 1. The Morgan fingerprint density at radius 1 is 1.43 bits per heavy atom. The molecule has 0 saturated carbocycles. The molecule has 2 aliphatic rings. The summed E-state index contributed by atoms with van der Waals surface area (Å²) in [7, 11) is 0. The number of hydrogen-bond acceptors (Lipinski definition) is 1. The maximum absolute atomic E-state index is 3.66. The standard InChI is InChI=1S/C11H13BrN2/c12-10-7-14-5-4-13-6-8-2-1-3-9(10)11(8)14/h2,7,13H,1,3-6H2. The van der Waals surface area contributed by atoms with Gasteiger partial charge >= 0.3 is 0 Å². The molecule has 0 radical (unpaired) electrons. The van der Waals surface area contributed by atoms with E-state index in [-0.39, 0.29) is 0 Å². The third-order valence-corrected chi connectivity index (χ3v) is 3.75. The summed E-state index contributed by atoms with van der Waals surface area (Å²) in [5, 5.41) is 3.46. The van der Waals surface area contributed by atoms with E-state index in [9.17, 15) is 0 Å². The van der Waals surface area contributed by atoms with E-state index in [0.29, 0.717) is 0 Å². The Bertz CT molecular complexity index is 404. The minimum absolute atomic E-state index is 1.03. The Labute approximate surface area is 92.1 Å². The van der Waals surface area contributed by atoms with Gasteiger partial charge in [0.05, 0.1) is 0 Å². The fourth-order valence-electron chi connectivity index (χ4n) is 2.42. The molecule has 0 saturated heterocycles. The molecule has 1 N–H and O–H groups in total. The van der Waals surface area contributed by atoms with E-state index < -0.39 is 0 Å². The third kappa shape index (κ3) is 1.19. The molecule has 0 spiro atoms. The molecule has 0 unspecified atom stereocenters. The first-order chi connectivity index (χ1) is 6.86. The minimum atomic E-state index is 1.03. The highest BCUT2D eigenvalue weighted by Gasteiger charge is 2.21. The Balaban J connectivity index is 2.22. The number of nitrogens with one attached hydrogen (secondary N) is 1. The van der Waals surface area contributed by atoms with Crippen LogP contribution in [0, 0.1) is 0 Å². The molecule has 0 atom stereocenters. The molecule has 14 heavy (non-hydrogen) atoms. The number of aromatic nitrogens is 1. The van der Waals surface area contributed by atoms with Crippen LogP contribution in [0.1, 0.15) is 17.7 Å². The fourth-order valence-corrected chi connectivity index (χ4v) is 3.06. The van der Waals surface area contributed by atoms with Crippen LogP contribution in [-0.4, -0.2) is 17.7 Å². The van der Waals surface area contributed by atoms with Crippen molar-refractivity contribution in [1.29, 1.82) is 0 Å². The average molecular weight is 253 g/mol. The largest absolute Gasteiger partial charge is 0.345 e. The monoisotopic (exact) mass is 252 g/mol. The molecule has 0 bridgehead atoms. The molecule has 0 fully saturated rings. The highest BCUT2D eigenvalue weighted by Crippen LogP contribution is 2.33. The summed E-state index contributed by atoms with van der Waals surface area (Å²) >= 11 is 3.66. The Hall–Kier alpha value is -0.540. The molecule has 2 heterocycles. The third-order valence-electron chi connectivity index (χ3n) is 3.06. The van der Waals surface area contributed by atoms with Crippen molar-refractivity contribution in [1.82, 2.24) is 9.88 Å². The number of rotatable bonds is 0. The van der Waals surface area contributed by atoms with Gasteiger partial charge in [-0.05, 0) is 39.9 Å². The van der Waals surface area contributed by atoms with Gasteiger partial charge in [0, 0.05) is 36.0 Å². The van der Waals surface area contributed by atoms with Gasteiger partial charge in [0.25, 0.3) is 0 Å². The van der Waals surface area contributed by atoms with Crippen molar-refractivity contribution in [3.8, 4) is 0 Å². The van der Waals surface area contributed by atoms with E-state index in [1.807, 2.05) is 0 Å². The second kappa shape index (κ2) is 3.24. The summed E-state index contributed by atoms with van der Waals surface area (Å²) in [6.45, 7) is 3.19. The van der Waals surface area contributed by atoms with Crippen LogP contribution in [0.25, 0.3) is 5.57 Å². The van der Waals surface area contributed by atoms with Crippen LogP contribution in [0.5, 0.6) is 0 Å². The topological polar surface area (TPSA) is 17.0 Å². The van der Waals surface area contributed by atoms with Gasteiger partial charge in [-0.1, -0.05) is 6.08 Å². The van der Waals surface area contributed by atoms with Crippen LogP contribution < -0.4 is 5.32 Å². The maximum atomic E-state index is 3.66. The van der Waals surface area contributed by atoms with Gasteiger partial charge in [0.15, 0.2) is 0 Å². The van der Waals surface area contributed by atoms with Crippen molar-refractivity contribution in [2.45, 2.75) is 19.4 Å². The maximum Gasteiger partial charge on any atom is 0.0493 e. The van der Waals surface area contributed by atoms with E-state index in [1.54, 1.807) is 0 Å². The molecular weight excluding hydrogens is 240 g/mol.